The van der Waals surface area contributed by atoms with Crippen molar-refractivity contribution in [3.63, 3.8) is 0 Å². The Hall–Kier alpha value is -2.80. The predicted molar refractivity (Wildman–Crippen MR) is 112 cm³/mol. The number of rotatable bonds is 3. The highest BCUT2D eigenvalue weighted by atomic mass is 19.4. The number of hydrogen-bond donors (Lipinski definition) is 1. The Morgan fingerprint density at radius 1 is 1.29 bits per heavy atom. The number of amides is 1. The molecule has 0 saturated heterocycles. The summed E-state index contributed by atoms with van der Waals surface area (Å²) in [6.45, 7) is -0.228. The summed E-state index contributed by atoms with van der Waals surface area (Å²) >= 11 is 0. The van der Waals surface area contributed by atoms with E-state index in [1.807, 2.05) is 12.3 Å². The number of nitrogens with zero attached hydrogens (tertiary/aromatic N) is 5. The third-order valence-corrected chi connectivity index (χ3v) is 5.46. The van der Waals surface area contributed by atoms with Gasteiger partial charge in [0.2, 0.25) is 0 Å². The maximum absolute atomic E-state index is 12.7. The smallest absolute Gasteiger partial charge is 0.349 e. The lowest BCUT2D eigenvalue weighted by molar-refractivity contribution is -0.140. The highest BCUT2D eigenvalue weighted by molar-refractivity contribution is 6.08. The Bertz CT molecular complexity index is 943. The van der Waals surface area contributed by atoms with Gasteiger partial charge in [-0.2, -0.15) is 18.4 Å². The van der Waals surface area contributed by atoms with Crippen LogP contribution in [0.4, 0.5) is 18.9 Å². The number of alkyl halides is 3. The number of halogens is 3. The van der Waals surface area contributed by atoms with E-state index < -0.39 is 12.7 Å². The molecule has 0 aromatic carbocycles. The van der Waals surface area contributed by atoms with Gasteiger partial charge in [-0.25, -0.2) is 4.98 Å². The van der Waals surface area contributed by atoms with Crippen molar-refractivity contribution in [2.24, 2.45) is 0 Å². The second-order valence-corrected chi connectivity index (χ2v) is 8.18. The van der Waals surface area contributed by atoms with Crippen molar-refractivity contribution in [3.8, 4) is 6.07 Å². The van der Waals surface area contributed by atoms with Crippen molar-refractivity contribution in [2.45, 2.75) is 44.3 Å². The summed E-state index contributed by atoms with van der Waals surface area (Å²) in [5.41, 5.74) is 2.41. The van der Waals surface area contributed by atoms with Gasteiger partial charge in [-0.3, -0.25) is 4.79 Å². The van der Waals surface area contributed by atoms with E-state index in [4.69, 9.17) is 5.26 Å². The summed E-state index contributed by atoms with van der Waals surface area (Å²) in [5.74, 6) is -0.0933. The molecule has 0 unspecified atom stereocenters. The van der Waals surface area contributed by atoms with Gasteiger partial charge >= 0.3 is 6.18 Å². The molecule has 31 heavy (non-hydrogen) atoms. The number of aromatic nitrogens is 2. The Kier molecular flexibility index (Phi) is 7.05. The van der Waals surface area contributed by atoms with Crippen LogP contribution in [-0.4, -0.2) is 71.7 Å². The molecule has 2 aromatic heterocycles. The quantitative estimate of drug-likeness (QED) is 0.742. The van der Waals surface area contributed by atoms with Crippen LogP contribution in [-0.2, 0) is 0 Å². The fraction of sp³-hybridized carbons (Fsp3) is 0.571. The first-order valence-electron chi connectivity index (χ1n) is 10.3. The minimum atomic E-state index is -4.05. The molecule has 2 aromatic rings. The van der Waals surface area contributed by atoms with Crippen LogP contribution < -0.4 is 4.90 Å². The number of carbonyl (C=O) groups excluding carboxylic acids is 1. The zero-order chi connectivity index (χ0) is 22.6. The molecule has 2 aliphatic rings. The van der Waals surface area contributed by atoms with Crippen molar-refractivity contribution < 1.29 is 18.0 Å². The first-order chi connectivity index (χ1) is 14.7. The average molecular weight is 436 g/mol. The van der Waals surface area contributed by atoms with Crippen LogP contribution in [0.25, 0.3) is 11.0 Å². The van der Waals surface area contributed by atoms with Gasteiger partial charge in [-0.15, -0.1) is 0 Å². The van der Waals surface area contributed by atoms with E-state index >= 15 is 0 Å². The minimum Gasteiger partial charge on any atom is -0.349 e. The van der Waals surface area contributed by atoms with Crippen LogP contribution in [0, 0.1) is 11.3 Å². The van der Waals surface area contributed by atoms with E-state index in [2.05, 4.69) is 20.9 Å². The zero-order valence-corrected chi connectivity index (χ0v) is 17.7. The standard InChI is InChI=1S/C17H19N5O.C4H8F3N/c18-7-9-21-11-22(12-4-2-1-3-5-12)15-13-6-8-19-16(13)20-10-14(15)17(21)23;1-8(2)3-4(5,6)7/h6,8,10,12H,1-5,9,11H2,(H,19,20);3H2,1-2H3. The van der Waals surface area contributed by atoms with Crippen LogP contribution >= 0.6 is 0 Å². The summed E-state index contributed by atoms with van der Waals surface area (Å²) in [4.78, 5) is 25.2. The Morgan fingerprint density at radius 2 is 2.00 bits per heavy atom. The van der Waals surface area contributed by atoms with Gasteiger partial charge in [0.25, 0.3) is 5.91 Å². The lowest BCUT2D eigenvalue weighted by Crippen LogP contribution is -2.51. The highest BCUT2D eigenvalue weighted by Gasteiger charge is 2.35. The van der Waals surface area contributed by atoms with Crippen molar-refractivity contribution in [1.29, 1.82) is 5.26 Å². The topological polar surface area (TPSA) is 79.3 Å². The number of carbonyl (C=O) groups is 1. The lowest BCUT2D eigenvalue weighted by Gasteiger charge is -2.43. The SMILES string of the molecule is CN(C)CC(F)(F)F.N#CCN1CN(C2CCCCC2)c2c(cnc3[nH]ccc23)C1=O. The van der Waals surface area contributed by atoms with Gasteiger partial charge in [0, 0.05) is 23.8 Å². The number of pyridine rings is 1. The summed E-state index contributed by atoms with van der Waals surface area (Å²) < 4.78 is 33.8. The second-order valence-electron chi connectivity index (χ2n) is 8.18. The molecule has 1 N–H and O–H groups in total. The molecule has 0 spiro atoms. The number of aromatic amines is 1. The molecule has 1 aliphatic carbocycles. The lowest BCUT2D eigenvalue weighted by atomic mass is 9.92. The van der Waals surface area contributed by atoms with Crippen molar-refractivity contribution in [2.75, 3.05) is 38.8 Å². The molecule has 0 atom stereocenters. The predicted octanol–water partition coefficient (Wildman–Crippen LogP) is 3.75. The van der Waals surface area contributed by atoms with Crippen LogP contribution in [0.15, 0.2) is 18.5 Å². The van der Waals surface area contributed by atoms with Gasteiger partial charge in [0.15, 0.2) is 0 Å². The molecule has 7 nitrogen and oxygen atoms in total. The summed E-state index contributed by atoms with van der Waals surface area (Å²) in [5, 5.41) is 10.0. The molecule has 1 amide bonds. The Balaban J connectivity index is 0.000000293. The molecule has 0 bridgehead atoms. The maximum atomic E-state index is 12.7. The van der Waals surface area contributed by atoms with Crippen molar-refractivity contribution >= 4 is 22.6 Å². The van der Waals surface area contributed by atoms with Crippen molar-refractivity contribution in [1.82, 2.24) is 19.8 Å². The number of nitrogens with one attached hydrogen (secondary N) is 1. The summed E-state index contributed by atoms with van der Waals surface area (Å²) in [6, 6.07) is 4.52. The minimum absolute atomic E-state index is 0.0933. The fourth-order valence-corrected chi connectivity index (χ4v) is 4.21. The monoisotopic (exact) mass is 436 g/mol. The first kappa shape index (κ1) is 22.9. The van der Waals surface area contributed by atoms with Gasteiger partial charge in [0.1, 0.15) is 12.2 Å². The number of hydrogen-bond acceptors (Lipinski definition) is 5. The van der Waals surface area contributed by atoms with E-state index in [1.165, 1.54) is 33.4 Å². The van der Waals surface area contributed by atoms with Crippen molar-refractivity contribution in [3.05, 3.63) is 24.0 Å². The largest absolute Gasteiger partial charge is 0.401 e. The molecule has 4 rings (SSSR count). The second kappa shape index (κ2) is 9.56. The third kappa shape index (κ3) is 5.47. The number of nitriles is 1. The van der Waals surface area contributed by atoms with E-state index in [0.717, 1.165) is 34.5 Å². The number of H-pyrrole nitrogens is 1. The van der Waals surface area contributed by atoms with Gasteiger partial charge in [-0.05, 0) is 33.0 Å². The van der Waals surface area contributed by atoms with Crippen LogP contribution in [0.2, 0.25) is 0 Å². The Morgan fingerprint density at radius 3 is 2.58 bits per heavy atom. The third-order valence-electron chi connectivity index (χ3n) is 5.46. The highest BCUT2D eigenvalue weighted by Crippen LogP contribution is 2.37. The average Bonchev–Trinajstić information content (AvgIpc) is 3.18. The van der Waals surface area contributed by atoms with E-state index in [0.29, 0.717) is 18.3 Å². The number of anilines is 1. The number of fused-ring (bicyclic) bond motifs is 3. The molecular weight excluding hydrogens is 409 g/mol. The van der Waals surface area contributed by atoms with Gasteiger partial charge < -0.3 is 19.7 Å². The maximum Gasteiger partial charge on any atom is 0.401 e. The Labute approximate surface area is 179 Å². The zero-order valence-electron chi connectivity index (χ0n) is 17.7. The first-order valence-corrected chi connectivity index (χ1v) is 10.3. The summed E-state index contributed by atoms with van der Waals surface area (Å²) in [6.07, 6.45) is 5.48. The molecular formula is C21H27F3N6O. The fourth-order valence-electron chi connectivity index (χ4n) is 4.21. The van der Waals surface area contributed by atoms with Crippen LogP contribution in [0.1, 0.15) is 42.5 Å². The molecule has 10 heteroatoms. The molecule has 1 fully saturated rings. The normalized spacial score (nSPS) is 17.4. The van der Waals surface area contributed by atoms with Gasteiger partial charge in [-0.1, -0.05) is 19.3 Å². The van der Waals surface area contributed by atoms with Crippen LogP contribution in [0.3, 0.4) is 0 Å². The molecule has 3 heterocycles. The van der Waals surface area contributed by atoms with E-state index in [9.17, 15) is 18.0 Å². The molecule has 168 valence electrons. The van der Waals surface area contributed by atoms with E-state index in [1.54, 1.807) is 11.1 Å². The van der Waals surface area contributed by atoms with Gasteiger partial charge in [0.05, 0.1) is 30.5 Å². The van der Waals surface area contributed by atoms with Crippen LogP contribution in [0.5, 0.6) is 0 Å². The van der Waals surface area contributed by atoms with E-state index in [-0.39, 0.29) is 12.5 Å². The summed E-state index contributed by atoms with van der Waals surface area (Å²) in [7, 11) is 2.76. The molecule has 1 saturated carbocycles. The molecule has 0 radical (unpaired) electrons. The molecule has 1 aliphatic heterocycles.